The normalized spacial score (nSPS) is 23.7. The molecule has 0 spiro atoms. The molecule has 1 saturated carbocycles. The summed E-state index contributed by atoms with van der Waals surface area (Å²) in [5, 5.41) is 23.7. The zero-order chi connectivity index (χ0) is 13.1. The summed E-state index contributed by atoms with van der Waals surface area (Å²) in [6.45, 7) is 1.74. The SMILES string of the molecule is Cc1cccc(NC2CCC(O)CC2)c1[N+](=O)[O-]. The van der Waals surface area contributed by atoms with Gasteiger partial charge in [0.05, 0.1) is 11.0 Å². The standard InChI is InChI=1S/C13H18N2O3/c1-9-3-2-4-12(13(9)15(17)18)14-10-5-7-11(16)8-6-10/h2-4,10-11,14,16H,5-8H2,1H3. The van der Waals surface area contributed by atoms with Crippen molar-refractivity contribution in [3.8, 4) is 0 Å². The Labute approximate surface area is 106 Å². The molecule has 1 aliphatic rings. The van der Waals surface area contributed by atoms with Crippen molar-refractivity contribution in [1.82, 2.24) is 0 Å². The highest BCUT2D eigenvalue weighted by atomic mass is 16.6. The zero-order valence-electron chi connectivity index (χ0n) is 10.4. The van der Waals surface area contributed by atoms with Gasteiger partial charge in [-0.05, 0) is 38.7 Å². The number of aryl methyl sites for hydroxylation is 1. The van der Waals surface area contributed by atoms with Crippen LogP contribution in [0.15, 0.2) is 18.2 Å². The van der Waals surface area contributed by atoms with Gasteiger partial charge < -0.3 is 10.4 Å². The van der Waals surface area contributed by atoms with Crippen molar-refractivity contribution in [3.63, 3.8) is 0 Å². The smallest absolute Gasteiger partial charge is 0.295 e. The average Bonchev–Trinajstić information content (AvgIpc) is 2.32. The average molecular weight is 250 g/mol. The summed E-state index contributed by atoms with van der Waals surface area (Å²) >= 11 is 0. The number of para-hydroxylation sites is 1. The van der Waals surface area contributed by atoms with Crippen molar-refractivity contribution in [1.29, 1.82) is 0 Å². The third-order valence-corrected chi connectivity index (χ3v) is 3.48. The Balaban J connectivity index is 2.14. The van der Waals surface area contributed by atoms with E-state index in [1.807, 2.05) is 6.07 Å². The van der Waals surface area contributed by atoms with Crippen LogP contribution in [0.3, 0.4) is 0 Å². The lowest BCUT2D eigenvalue weighted by Crippen LogP contribution is -2.28. The molecule has 0 amide bonds. The van der Waals surface area contributed by atoms with E-state index in [2.05, 4.69) is 5.32 Å². The Bertz CT molecular complexity index is 440. The number of nitrogens with one attached hydrogen (secondary N) is 1. The van der Waals surface area contributed by atoms with Crippen LogP contribution in [0.4, 0.5) is 11.4 Å². The van der Waals surface area contributed by atoms with Crippen LogP contribution >= 0.6 is 0 Å². The Morgan fingerprint density at radius 1 is 1.33 bits per heavy atom. The minimum atomic E-state index is -0.338. The summed E-state index contributed by atoms with van der Waals surface area (Å²) in [6.07, 6.45) is 3.02. The molecule has 0 atom stereocenters. The highest BCUT2D eigenvalue weighted by Gasteiger charge is 2.23. The van der Waals surface area contributed by atoms with Crippen molar-refractivity contribution in [2.45, 2.75) is 44.8 Å². The molecule has 0 radical (unpaired) electrons. The predicted molar refractivity (Wildman–Crippen MR) is 69.7 cm³/mol. The first-order valence-electron chi connectivity index (χ1n) is 6.26. The van der Waals surface area contributed by atoms with Crippen molar-refractivity contribution in [2.75, 3.05) is 5.32 Å². The number of hydrogen-bond acceptors (Lipinski definition) is 4. The number of benzene rings is 1. The van der Waals surface area contributed by atoms with Crippen LogP contribution < -0.4 is 5.32 Å². The van der Waals surface area contributed by atoms with Crippen LogP contribution in [0.25, 0.3) is 0 Å². The van der Waals surface area contributed by atoms with Crippen LogP contribution in [-0.4, -0.2) is 22.2 Å². The van der Waals surface area contributed by atoms with Gasteiger partial charge in [0.15, 0.2) is 0 Å². The maximum atomic E-state index is 11.1. The van der Waals surface area contributed by atoms with Gasteiger partial charge in [-0.1, -0.05) is 12.1 Å². The minimum absolute atomic E-state index is 0.156. The molecule has 0 bridgehead atoms. The van der Waals surface area contributed by atoms with E-state index < -0.39 is 0 Å². The topological polar surface area (TPSA) is 75.4 Å². The number of aliphatic hydroxyl groups excluding tert-OH is 1. The van der Waals surface area contributed by atoms with E-state index >= 15 is 0 Å². The molecule has 0 aliphatic heterocycles. The summed E-state index contributed by atoms with van der Waals surface area (Å²) in [6, 6.07) is 5.53. The van der Waals surface area contributed by atoms with Crippen LogP contribution in [0.5, 0.6) is 0 Å². The van der Waals surface area contributed by atoms with Gasteiger partial charge in [-0.2, -0.15) is 0 Å². The van der Waals surface area contributed by atoms with E-state index in [4.69, 9.17) is 0 Å². The van der Waals surface area contributed by atoms with Gasteiger partial charge in [0.1, 0.15) is 5.69 Å². The molecular formula is C13H18N2O3. The van der Waals surface area contributed by atoms with Crippen LogP contribution in [0.1, 0.15) is 31.2 Å². The number of aliphatic hydroxyl groups is 1. The molecule has 2 rings (SSSR count). The number of anilines is 1. The Morgan fingerprint density at radius 3 is 2.61 bits per heavy atom. The summed E-state index contributed by atoms with van der Waals surface area (Å²) in [5.74, 6) is 0. The number of nitro benzene ring substituents is 1. The highest BCUT2D eigenvalue weighted by molar-refractivity contribution is 5.65. The third kappa shape index (κ3) is 2.79. The molecule has 18 heavy (non-hydrogen) atoms. The lowest BCUT2D eigenvalue weighted by atomic mass is 9.93. The lowest BCUT2D eigenvalue weighted by Gasteiger charge is -2.27. The van der Waals surface area contributed by atoms with Gasteiger partial charge >= 0.3 is 0 Å². The lowest BCUT2D eigenvalue weighted by molar-refractivity contribution is -0.384. The molecular weight excluding hydrogens is 232 g/mol. The minimum Gasteiger partial charge on any atom is -0.393 e. The fraction of sp³-hybridized carbons (Fsp3) is 0.538. The number of nitro groups is 1. The maximum absolute atomic E-state index is 11.1. The van der Waals surface area contributed by atoms with Gasteiger partial charge in [-0.25, -0.2) is 0 Å². The van der Waals surface area contributed by atoms with E-state index in [9.17, 15) is 15.2 Å². The summed E-state index contributed by atoms with van der Waals surface area (Å²) in [7, 11) is 0. The molecule has 2 N–H and O–H groups in total. The van der Waals surface area contributed by atoms with E-state index in [0.29, 0.717) is 11.3 Å². The molecule has 1 aromatic rings. The van der Waals surface area contributed by atoms with Crippen LogP contribution in [-0.2, 0) is 0 Å². The first-order valence-corrected chi connectivity index (χ1v) is 6.26. The largest absolute Gasteiger partial charge is 0.393 e. The molecule has 1 aliphatic carbocycles. The molecule has 0 unspecified atom stereocenters. The molecule has 0 heterocycles. The Hall–Kier alpha value is -1.62. The second kappa shape index (κ2) is 5.35. The summed E-state index contributed by atoms with van der Waals surface area (Å²) in [4.78, 5) is 10.7. The van der Waals surface area contributed by atoms with E-state index in [0.717, 1.165) is 25.7 Å². The van der Waals surface area contributed by atoms with Gasteiger partial charge in [-0.15, -0.1) is 0 Å². The Kier molecular flexibility index (Phi) is 3.81. The summed E-state index contributed by atoms with van der Waals surface area (Å²) < 4.78 is 0. The predicted octanol–water partition coefficient (Wildman–Crippen LogP) is 2.62. The molecule has 0 saturated heterocycles. The van der Waals surface area contributed by atoms with Crippen LogP contribution in [0, 0.1) is 17.0 Å². The molecule has 1 fully saturated rings. The second-order valence-electron chi connectivity index (χ2n) is 4.88. The maximum Gasteiger partial charge on any atom is 0.295 e. The molecule has 1 aromatic carbocycles. The first kappa shape index (κ1) is 12.8. The summed E-state index contributed by atoms with van der Waals surface area (Å²) in [5.41, 5.74) is 1.41. The second-order valence-corrected chi connectivity index (χ2v) is 4.88. The Morgan fingerprint density at radius 2 is 2.00 bits per heavy atom. The molecule has 98 valence electrons. The van der Waals surface area contributed by atoms with Gasteiger partial charge in [0.2, 0.25) is 0 Å². The highest BCUT2D eigenvalue weighted by Crippen LogP contribution is 2.30. The number of rotatable bonds is 3. The van der Waals surface area contributed by atoms with E-state index in [-0.39, 0.29) is 22.8 Å². The van der Waals surface area contributed by atoms with Crippen molar-refractivity contribution in [2.24, 2.45) is 0 Å². The van der Waals surface area contributed by atoms with E-state index in [1.54, 1.807) is 19.1 Å². The van der Waals surface area contributed by atoms with Crippen molar-refractivity contribution >= 4 is 11.4 Å². The molecule has 0 aromatic heterocycles. The van der Waals surface area contributed by atoms with Crippen molar-refractivity contribution < 1.29 is 10.0 Å². The van der Waals surface area contributed by atoms with Crippen LogP contribution in [0.2, 0.25) is 0 Å². The number of hydrogen-bond donors (Lipinski definition) is 2. The first-order chi connectivity index (χ1) is 8.58. The van der Waals surface area contributed by atoms with Gasteiger partial charge in [0.25, 0.3) is 5.69 Å². The fourth-order valence-electron chi connectivity index (χ4n) is 2.46. The van der Waals surface area contributed by atoms with Gasteiger partial charge in [0, 0.05) is 11.6 Å². The van der Waals surface area contributed by atoms with E-state index in [1.165, 1.54) is 0 Å². The number of nitrogens with zero attached hydrogens (tertiary/aromatic N) is 1. The zero-order valence-corrected chi connectivity index (χ0v) is 10.4. The molecule has 5 nitrogen and oxygen atoms in total. The van der Waals surface area contributed by atoms with Crippen molar-refractivity contribution in [3.05, 3.63) is 33.9 Å². The van der Waals surface area contributed by atoms with Gasteiger partial charge in [-0.3, -0.25) is 10.1 Å². The third-order valence-electron chi connectivity index (χ3n) is 3.48. The molecule has 5 heteroatoms. The fourth-order valence-corrected chi connectivity index (χ4v) is 2.46. The quantitative estimate of drug-likeness (QED) is 0.638. The monoisotopic (exact) mass is 250 g/mol.